The van der Waals surface area contributed by atoms with Crippen molar-refractivity contribution in [3.8, 4) is 0 Å². The number of hydrogen-bond acceptors (Lipinski definition) is 6. The van der Waals surface area contributed by atoms with Crippen LogP contribution >= 0.6 is 11.3 Å². The van der Waals surface area contributed by atoms with E-state index in [2.05, 4.69) is 49.8 Å². The van der Waals surface area contributed by atoms with Gasteiger partial charge in [-0.05, 0) is 30.5 Å². The number of amides is 2. The zero-order valence-corrected chi connectivity index (χ0v) is 18.4. The van der Waals surface area contributed by atoms with Crippen molar-refractivity contribution >= 4 is 28.3 Å². The number of piperidine rings is 1. The van der Waals surface area contributed by atoms with Crippen LogP contribution in [0.25, 0.3) is 0 Å². The van der Waals surface area contributed by atoms with E-state index >= 15 is 0 Å². The normalized spacial score (nSPS) is 14.8. The number of H-pyrrole nitrogens is 1. The van der Waals surface area contributed by atoms with Crippen molar-refractivity contribution in [2.45, 2.75) is 31.8 Å². The van der Waals surface area contributed by atoms with Crippen molar-refractivity contribution in [2.75, 3.05) is 18.4 Å². The van der Waals surface area contributed by atoms with Crippen LogP contribution in [0.1, 0.15) is 34.5 Å². The third kappa shape index (κ3) is 5.89. The molecule has 4 rings (SSSR count). The molecule has 0 aliphatic carbocycles. The molecule has 3 heterocycles. The van der Waals surface area contributed by atoms with Crippen molar-refractivity contribution in [1.29, 1.82) is 0 Å². The molecule has 1 aromatic carbocycles. The number of thiazole rings is 1. The number of carbonyl (C=O) groups excluding carboxylic acids is 2. The van der Waals surface area contributed by atoms with Crippen molar-refractivity contribution in [2.24, 2.45) is 0 Å². The Kier molecular flexibility index (Phi) is 7.08. The van der Waals surface area contributed by atoms with Crippen LogP contribution in [0.4, 0.5) is 5.13 Å². The minimum absolute atomic E-state index is 0.0144. The summed E-state index contributed by atoms with van der Waals surface area (Å²) in [4.78, 5) is 45.6. The summed E-state index contributed by atoms with van der Waals surface area (Å²) in [6.07, 6.45) is 3.46. The van der Waals surface area contributed by atoms with Crippen molar-refractivity contribution in [3.63, 3.8) is 0 Å². The topological polar surface area (TPSA) is 107 Å². The fourth-order valence-electron chi connectivity index (χ4n) is 3.73. The average Bonchev–Trinajstić information content (AvgIpc) is 3.22. The van der Waals surface area contributed by atoms with Gasteiger partial charge in [0.2, 0.25) is 5.91 Å². The maximum atomic E-state index is 12.5. The van der Waals surface area contributed by atoms with Crippen LogP contribution in [0, 0.1) is 0 Å². The number of nitrogens with one attached hydrogen (secondary N) is 3. The number of nitrogens with zero attached hydrogens (tertiary/aromatic N) is 2. The third-order valence-electron chi connectivity index (χ3n) is 5.38. The van der Waals surface area contributed by atoms with Crippen molar-refractivity contribution in [1.82, 2.24) is 20.2 Å². The number of likely N-dealkylation sites (tertiary alicyclic amines) is 1. The molecule has 0 spiro atoms. The van der Waals surface area contributed by atoms with Gasteiger partial charge in [0.25, 0.3) is 11.5 Å². The molecule has 0 unspecified atom stereocenters. The van der Waals surface area contributed by atoms with Gasteiger partial charge < -0.3 is 10.3 Å². The van der Waals surface area contributed by atoms with E-state index in [0.29, 0.717) is 10.8 Å². The van der Waals surface area contributed by atoms with E-state index in [4.69, 9.17) is 0 Å². The van der Waals surface area contributed by atoms with Crippen LogP contribution in [0.2, 0.25) is 0 Å². The van der Waals surface area contributed by atoms with Gasteiger partial charge in [0.1, 0.15) is 5.56 Å². The van der Waals surface area contributed by atoms with Gasteiger partial charge in [-0.3, -0.25) is 24.6 Å². The van der Waals surface area contributed by atoms with Gasteiger partial charge in [0, 0.05) is 37.3 Å². The molecule has 1 aliphatic heterocycles. The largest absolute Gasteiger partial charge is 0.353 e. The Morgan fingerprint density at radius 1 is 1.12 bits per heavy atom. The fourth-order valence-corrected chi connectivity index (χ4v) is 4.44. The number of pyridine rings is 1. The molecule has 32 heavy (non-hydrogen) atoms. The maximum absolute atomic E-state index is 12.5. The maximum Gasteiger partial charge on any atom is 0.263 e. The van der Waals surface area contributed by atoms with E-state index in [1.54, 1.807) is 11.4 Å². The summed E-state index contributed by atoms with van der Waals surface area (Å²) in [7, 11) is 0. The molecule has 3 N–H and O–H groups in total. The van der Waals surface area contributed by atoms with E-state index in [1.165, 1.54) is 29.2 Å². The number of carbonyl (C=O) groups is 2. The highest BCUT2D eigenvalue weighted by molar-refractivity contribution is 7.14. The lowest BCUT2D eigenvalue weighted by atomic mass is 10.0. The van der Waals surface area contributed by atoms with E-state index in [-0.39, 0.29) is 23.9 Å². The molecule has 0 bridgehead atoms. The van der Waals surface area contributed by atoms with Crippen molar-refractivity contribution in [3.05, 3.63) is 81.2 Å². The number of benzene rings is 1. The van der Waals surface area contributed by atoms with E-state index in [9.17, 15) is 14.4 Å². The number of rotatable bonds is 7. The number of hydrogen-bond donors (Lipinski definition) is 3. The second-order valence-electron chi connectivity index (χ2n) is 7.79. The summed E-state index contributed by atoms with van der Waals surface area (Å²) in [5.41, 5.74) is 1.45. The van der Waals surface area contributed by atoms with E-state index < -0.39 is 11.5 Å². The van der Waals surface area contributed by atoms with Gasteiger partial charge in [0.05, 0.1) is 12.1 Å². The van der Waals surface area contributed by atoms with Crippen molar-refractivity contribution < 1.29 is 9.59 Å². The molecule has 9 heteroatoms. The number of aromatic nitrogens is 2. The smallest absolute Gasteiger partial charge is 0.263 e. The van der Waals surface area contributed by atoms with E-state index in [1.807, 2.05) is 6.07 Å². The van der Waals surface area contributed by atoms with Crippen LogP contribution in [0.5, 0.6) is 0 Å². The highest BCUT2D eigenvalue weighted by Crippen LogP contribution is 2.17. The van der Waals surface area contributed by atoms with E-state index in [0.717, 1.165) is 32.5 Å². The van der Waals surface area contributed by atoms with Crippen LogP contribution in [-0.2, 0) is 17.8 Å². The van der Waals surface area contributed by atoms with Gasteiger partial charge in [-0.25, -0.2) is 4.98 Å². The minimum Gasteiger partial charge on any atom is -0.353 e. The lowest BCUT2D eigenvalue weighted by Gasteiger charge is -2.32. The molecule has 0 atom stereocenters. The molecular weight excluding hydrogens is 426 g/mol. The van der Waals surface area contributed by atoms with Crippen LogP contribution in [0.3, 0.4) is 0 Å². The molecule has 0 saturated carbocycles. The minimum atomic E-state index is -0.528. The molecule has 2 aromatic heterocycles. The van der Waals surface area contributed by atoms with Crippen LogP contribution in [-0.4, -0.2) is 45.8 Å². The quantitative estimate of drug-likeness (QED) is 0.511. The average molecular weight is 452 g/mol. The molecule has 166 valence electrons. The van der Waals surface area contributed by atoms with Crippen LogP contribution < -0.4 is 16.2 Å². The lowest BCUT2D eigenvalue weighted by Crippen LogP contribution is -2.44. The summed E-state index contributed by atoms with van der Waals surface area (Å²) in [5.74, 6) is -0.603. The number of anilines is 1. The Balaban J connectivity index is 1.22. The number of aromatic amines is 1. The zero-order valence-electron chi connectivity index (χ0n) is 17.5. The first-order chi connectivity index (χ1) is 15.6. The monoisotopic (exact) mass is 451 g/mol. The summed E-state index contributed by atoms with van der Waals surface area (Å²) in [6, 6.07) is 13.6. The second-order valence-corrected chi connectivity index (χ2v) is 8.65. The Labute approximate surface area is 189 Å². The molecule has 1 saturated heterocycles. The van der Waals surface area contributed by atoms with Crippen LogP contribution in [0.15, 0.2) is 58.8 Å². The van der Waals surface area contributed by atoms with Gasteiger partial charge >= 0.3 is 0 Å². The molecule has 1 fully saturated rings. The fraction of sp³-hybridized carbons (Fsp3) is 0.304. The molecule has 2 amide bonds. The summed E-state index contributed by atoms with van der Waals surface area (Å²) >= 11 is 1.23. The first-order valence-electron chi connectivity index (χ1n) is 10.6. The summed E-state index contributed by atoms with van der Waals surface area (Å²) in [6.45, 7) is 2.83. The molecular formula is C23H25N5O3S. The third-order valence-corrected chi connectivity index (χ3v) is 6.18. The highest BCUT2D eigenvalue weighted by Gasteiger charge is 2.21. The lowest BCUT2D eigenvalue weighted by molar-refractivity contribution is -0.121. The van der Waals surface area contributed by atoms with Gasteiger partial charge in [0.15, 0.2) is 5.13 Å². The predicted octanol–water partition coefficient (Wildman–Crippen LogP) is 2.41. The first kappa shape index (κ1) is 21.9. The van der Waals surface area contributed by atoms with Gasteiger partial charge in [-0.1, -0.05) is 30.3 Å². The molecule has 1 aliphatic rings. The molecule has 8 nitrogen and oxygen atoms in total. The SMILES string of the molecule is O=C(Cc1csc(NC(=O)c2ccc[nH]c2=O)n1)NC1CCN(Cc2ccccc2)CC1. The molecule has 0 radical (unpaired) electrons. The Bertz CT molecular complexity index is 1120. The standard InChI is InChI=1S/C23H25N5O3S/c29-20(25-17-8-11-28(12-9-17)14-16-5-2-1-3-6-16)13-18-15-32-23(26-18)27-22(31)19-7-4-10-24-21(19)30/h1-7,10,15,17H,8-9,11-14H2,(H,24,30)(H,25,29)(H,26,27,31). The summed E-state index contributed by atoms with van der Waals surface area (Å²) < 4.78 is 0. The molecule has 3 aromatic rings. The Morgan fingerprint density at radius 3 is 2.66 bits per heavy atom. The Hall–Kier alpha value is -3.30. The van der Waals surface area contributed by atoms with Gasteiger partial charge in [-0.2, -0.15) is 0 Å². The highest BCUT2D eigenvalue weighted by atomic mass is 32.1. The predicted molar refractivity (Wildman–Crippen MR) is 124 cm³/mol. The first-order valence-corrected chi connectivity index (χ1v) is 11.4. The Morgan fingerprint density at radius 2 is 1.91 bits per heavy atom. The summed E-state index contributed by atoms with van der Waals surface area (Å²) in [5, 5.41) is 7.81. The van der Waals surface area contributed by atoms with Gasteiger partial charge in [-0.15, -0.1) is 11.3 Å². The zero-order chi connectivity index (χ0) is 22.3. The second kappa shape index (κ2) is 10.3.